The van der Waals surface area contributed by atoms with E-state index in [1.54, 1.807) is 0 Å². The molecular weight excluding hydrogens is 154 g/mol. The minimum atomic E-state index is -0.679. The fraction of sp³-hybridized carbons (Fsp3) is 0.889. The highest BCUT2D eigenvalue weighted by atomic mass is 16.4. The van der Waals surface area contributed by atoms with Crippen molar-refractivity contribution in [3.63, 3.8) is 0 Å². The fourth-order valence-corrected chi connectivity index (χ4v) is 1.76. The summed E-state index contributed by atoms with van der Waals surface area (Å²) in [5.41, 5.74) is 0. The molecule has 0 aromatic rings. The van der Waals surface area contributed by atoms with Crippen LogP contribution in [0.4, 0.5) is 0 Å². The Hall–Kier alpha value is -0.570. The molecule has 0 spiro atoms. The largest absolute Gasteiger partial charge is 0.481 e. The fourth-order valence-electron chi connectivity index (χ4n) is 1.76. The van der Waals surface area contributed by atoms with Crippen molar-refractivity contribution in [2.45, 2.75) is 38.6 Å². The Labute approximate surface area is 73.4 Å². The molecule has 1 unspecified atom stereocenters. The van der Waals surface area contributed by atoms with Crippen LogP contribution in [0.5, 0.6) is 0 Å². The van der Waals surface area contributed by atoms with Gasteiger partial charge < -0.3 is 10.0 Å². The maximum absolute atomic E-state index is 10.2. The van der Waals surface area contributed by atoms with Gasteiger partial charge >= 0.3 is 5.97 Å². The number of hydrogen-bond acceptors (Lipinski definition) is 2. The van der Waals surface area contributed by atoms with E-state index in [0.717, 1.165) is 19.5 Å². The minimum absolute atomic E-state index is 0.309. The average Bonchev–Trinajstić information content (AvgIpc) is 2.36. The quantitative estimate of drug-likeness (QED) is 0.693. The van der Waals surface area contributed by atoms with E-state index in [9.17, 15) is 4.79 Å². The molecule has 1 N–H and O–H groups in total. The molecule has 0 aromatic carbocycles. The number of carboxylic acid groups (broad SMARTS) is 1. The molecule has 0 radical (unpaired) electrons. The van der Waals surface area contributed by atoms with E-state index in [-0.39, 0.29) is 0 Å². The molecular formula is C9H17NO2. The summed E-state index contributed by atoms with van der Waals surface area (Å²) in [5.74, 6) is -0.679. The van der Waals surface area contributed by atoms with Crippen LogP contribution < -0.4 is 0 Å². The molecule has 1 aliphatic heterocycles. The molecule has 0 aliphatic carbocycles. The first kappa shape index (κ1) is 9.52. The van der Waals surface area contributed by atoms with Crippen molar-refractivity contribution in [2.24, 2.45) is 0 Å². The van der Waals surface area contributed by atoms with E-state index >= 15 is 0 Å². The Morgan fingerprint density at radius 1 is 1.67 bits per heavy atom. The summed E-state index contributed by atoms with van der Waals surface area (Å²) in [6.07, 6.45) is 3.64. The van der Waals surface area contributed by atoms with Crippen LogP contribution in [-0.4, -0.2) is 35.1 Å². The van der Waals surface area contributed by atoms with Crippen LogP contribution in [-0.2, 0) is 4.79 Å². The van der Waals surface area contributed by atoms with E-state index in [2.05, 4.69) is 11.8 Å². The summed E-state index contributed by atoms with van der Waals surface area (Å²) in [7, 11) is 0. The van der Waals surface area contributed by atoms with E-state index in [1.165, 1.54) is 12.8 Å². The maximum atomic E-state index is 10.2. The molecule has 1 aliphatic rings. The standard InChI is InChI=1S/C9H17NO2/c1-8-4-2-6-10(8)7-3-5-9(11)12/h8H,2-7H2,1H3,(H,11,12). The van der Waals surface area contributed by atoms with Gasteiger partial charge in [-0.2, -0.15) is 0 Å². The average molecular weight is 171 g/mol. The third kappa shape index (κ3) is 2.81. The molecule has 12 heavy (non-hydrogen) atoms. The van der Waals surface area contributed by atoms with Gasteiger partial charge in [-0.05, 0) is 39.3 Å². The molecule has 3 nitrogen and oxygen atoms in total. The van der Waals surface area contributed by atoms with Crippen molar-refractivity contribution >= 4 is 5.97 Å². The zero-order chi connectivity index (χ0) is 8.97. The number of nitrogens with zero attached hydrogens (tertiary/aromatic N) is 1. The Balaban J connectivity index is 2.10. The van der Waals surface area contributed by atoms with E-state index < -0.39 is 5.97 Å². The van der Waals surface area contributed by atoms with Crippen LogP contribution in [0.15, 0.2) is 0 Å². The van der Waals surface area contributed by atoms with Crippen molar-refractivity contribution in [3.8, 4) is 0 Å². The van der Waals surface area contributed by atoms with Crippen molar-refractivity contribution in [2.75, 3.05) is 13.1 Å². The lowest BCUT2D eigenvalue weighted by Gasteiger charge is -2.19. The molecule has 70 valence electrons. The second-order valence-corrected chi connectivity index (χ2v) is 3.52. The summed E-state index contributed by atoms with van der Waals surface area (Å²) >= 11 is 0. The van der Waals surface area contributed by atoms with E-state index in [1.807, 2.05) is 0 Å². The number of aliphatic carboxylic acids is 1. The highest BCUT2D eigenvalue weighted by Crippen LogP contribution is 2.16. The van der Waals surface area contributed by atoms with Crippen LogP contribution in [0.3, 0.4) is 0 Å². The van der Waals surface area contributed by atoms with Crippen LogP contribution >= 0.6 is 0 Å². The highest BCUT2D eigenvalue weighted by molar-refractivity contribution is 5.66. The van der Waals surface area contributed by atoms with Gasteiger partial charge in [0.15, 0.2) is 0 Å². The van der Waals surface area contributed by atoms with Gasteiger partial charge in [0.2, 0.25) is 0 Å². The smallest absolute Gasteiger partial charge is 0.303 e. The molecule has 1 atom stereocenters. The van der Waals surface area contributed by atoms with Crippen molar-refractivity contribution in [1.82, 2.24) is 4.90 Å². The second-order valence-electron chi connectivity index (χ2n) is 3.52. The second kappa shape index (κ2) is 4.45. The number of likely N-dealkylation sites (tertiary alicyclic amines) is 1. The lowest BCUT2D eigenvalue weighted by atomic mass is 10.2. The van der Waals surface area contributed by atoms with Gasteiger partial charge in [-0.25, -0.2) is 0 Å². The summed E-state index contributed by atoms with van der Waals surface area (Å²) < 4.78 is 0. The van der Waals surface area contributed by atoms with Gasteiger partial charge in [-0.3, -0.25) is 4.79 Å². The summed E-state index contributed by atoms with van der Waals surface area (Å²) in [4.78, 5) is 12.6. The highest BCUT2D eigenvalue weighted by Gasteiger charge is 2.19. The first-order chi connectivity index (χ1) is 5.70. The van der Waals surface area contributed by atoms with Gasteiger partial charge in [-0.1, -0.05) is 0 Å². The van der Waals surface area contributed by atoms with Gasteiger partial charge in [0.05, 0.1) is 0 Å². The normalized spacial score (nSPS) is 24.6. The molecule has 3 heteroatoms. The lowest BCUT2D eigenvalue weighted by molar-refractivity contribution is -0.137. The van der Waals surface area contributed by atoms with Gasteiger partial charge in [0.1, 0.15) is 0 Å². The molecule has 0 bridgehead atoms. The van der Waals surface area contributed by atoms with E-state index in [0.29, 0.717) is 12.5 Å². The minimum Gasteiger partial charge on any atom is -0.481 e. The van der Waals surface area contributed by atoms with Crippen LogP contribution in [0, 0.1) is 0 Å². The first-order valence-electron chi connectivity index (χ1n) is 4.66. The van der Waals surface area contributed by atoms with Gasteiger partial charge in [0.25, 0.3) is 0 Å². The summed E-state index contributed by atoms with van der Waals surface area (Å²) in [6, 6.07) is 0.666. The number of carboxylic acids is 1. The number of rotatable bonds is 4. The molecule has 0 amide bonds. The van der Waals surface area contributed by atoms with E-state index in [4.69, 9.17) is 5.11 Å². The monoisotopic (exact) mass is 171 g/mol. The third-order valence-electron chi connectivity index (χ3n) is 2.53. The SMILES string of the molecule is CC1CCCN1CCCC(=O)O. The molecule has 0 saturated carbocycles. The molecule has 1 fully saturated rings. The zero-order valence-corrected chi connectivity index (χ0v) is 7.62. The van der Waals surface area contributed by atoms with Crippen LogP contribution in [0.2, 0.25) is 0 Å². The zero-order valence-electron chi connectivity index (χ0n) is 7.62. The third-order valence-corrected chi connectivity index (χ3v) is 2.53. The molecule has 1 saturated heterocycles. The first-order valence-corrected chi connectivity index (χ1v) is 4.66. The Morgan fingerprint density at radius 2 is 2.42 bits per heavy atom. The Bertz CT molecular complexity index is 159. The Morgan fingerprint density at radius 3 is 2.92 bits per heavy atom. The molecule has 1 heterocycles. The lowest BCUT2D eigenvalue weighted by Crippen LogP contribution is -2.28. The van der Waals surface area contributed by atoms with Gasteiger partial charge in [-0.15, -0.1) is 0 Å². The predicted octanol–water partition coefficient (Wildman–Crippen LogP) is 1.34. The van der Waals surface area contributed by atoms with Crippen LogP contribution in [0.1, 0.15) is 32.6 Å². The van der Waals surface area contributed by atoms with Crippen molar-refractivity contribution in [1.29, 1.82) is 0 Å². The number of carbonyl (C=O) groups is 1. The molecule has 1 rings (SSSR count). The predicted molar refractivity (Wildman–Crippen MR) is 47.1 cm³/mol. The van der Waals surface area contributed by atoms with Gasteiger partial charge in [0, 0.05) is 12.5 Å². The maximum Gasteiger partial charge on any atom is 0.303 e. The Kier molecular flexibility index (Phi) is 3.53. The van der Waals surface area contributed by atoms with Crippen molar-refractivity contribution < 1.29 is 9.90 Å². The summed E-state index contributed by atoms with van der Waals surface area (Å²) in [5, 5.41) is 8.43. The summed E-state index contributed by atoms with van der Waals surface area (Å²) in [6.45, 7) is 4.32. The van der Waals surface area contributed by atoms with Crippen LogP contribution in [0.25, 0.3) is 0 Å². The van der Waals surface area contributed by atoms with Crippen molar-refractivity contribution in [3.05, 3.63) is 0 Å². The topological polar surface area (TPSA) is 40.5 Å². The number of hydrogen-bond donors (Lipinski definition) is 1. The molecule has 0 aromatic heterocycles.